The Labute approximate surface area is 138 Å². The van der Waals surface area contributed by atoms with E-state index in [1.807, 2.05) is 16.9 Å². The Hall–Kier alpha value is -2.70. The maximum absolute atomic E-state index is 13.9. The van der Waals surface area contributed by atoms with Crippen LogP contribution >= 0.6 is 0 Å². The van der Waals surface area contributed by atoms with E-state index in [0.29, 0.717) is 13.1 Å². The lowest BCUT2D eigenvalue weighted by atomic mass is 10.0. The highest BCUT2D eigenvalue weighted by Crippen LogP contribution is 2.30. The molecule has 0 saturated carbocycles. The van der Waals surface area contributed by atoms with Gasteiger partial charge in [0.2, 0.25) is 11.8 Å². The molecule has 0 radical (unpaired) electrons. The van der Waals surface area contributed by atoms with Crippen molar-refractivity contribution in [2.24, 2.45) is 5.92 Å². The van der Waals surface area contributed by atoms with Crippen LogP contribution in [0.4, 0.5) is 10.1 Å². The second-order valence-electron chi connectivity index (χ2n) is 6.24. The van der Waals surface area contributed by atoms with E-state index >= 15 is 0 Å². The normalized spacial score (nSPS) is 21.2. The molecule has 24 heavy (non-hydrogen) atoms. The molecule has 124 valence electrons. The molecule has 2 aliphatic heterocycles. The Balaban J connectivity index is 1.41. The van der Waals surface area contributed by atoms with Gasteiger partial charge in [-0.15, -0.1) is 0 Å². The standard InChI is InChI=1S/C17H17FN4O2/c18-14-4-1-2-5-15(14)21-9-12(8-16(21)23)17(24)20-10-13(11-20)22-7-3-6-19-22/h1-7,12-13H,8-11H2. The number of para-hydroxylation sites is 1. The van der Waals surface area contributed by atoms with Crippen molar-refractivity contribution in [2.45, 2.75) is 12.5 Å². The number of likely N-dealkylation sites (tertiary alicyclic amines) is 1. The number of hydrogen-bond donors (Lipinski definition) is 0. The van der Waals surface area contributed by atoms with E-state index < -0.39 is 11.7 Å². The number of carbonyl (C=O) groups is 2. The molecule has 3 heterocycles. The van der Waals surface area contributed by atoms with E-state index in [2.05, 4.69) is 5.10 Å². The average molecular weight is 328 g/mol. The molecule has 2 aliphatic rings. The lowest BCUT2D eigenvalue weighted by Crippen LogP contribution is -2.53. The van der Waals surface area contributed by atoms with Gasteiger partial charge in [-0.1, -0.05) is 12.1 Å². The van der Waals surface area contributed by atoms with E-state index in [4.69, 9.17) is 0 Å². The smallest absolute Gasteiger partial charge is 0.228 e. The summed E-state index contributed by atoms with van der Waals surface area (Å²) in [6, 6.07) is 8.21. The average Bonchev–Trinajstić information content (AvgIpc) is 3.16. The molecule has 1 atom stereocenters. The predicted octanol–water partition coefficient (Wildman–Crippen LogP) is 1.46. The van der Waals surface area contributed by atoms with Gasteiger partial charge in [0.15, 0.2) is 0 Å². The third-order valence-electron chi connectivity index (χ3n) is 4.69. The van der Waals surface area contributed by atoms with Gasteiger partial charge in [-0.2, -0.15) is 5.10 Å². The lowest BCUT2D eigenvalue weighted by Gasteiger charge is -2.40. The molecule has 4 rings (SSSR count). The third-order valence-corrected chi connectivity index (χ3v) is 4.69. The number of hydrogen-bond acceptors (Lipinski definition) is 3. The molecule has 0 aliphatic carbocycles. The number of nitrogens with zero attached hydrogens (tertiary/aromatic N) is 4. The number of amides is 2. The Morgan fingerprint density at radius 2 is 1.96 bits per heavy atom. The molecule has 1 unspecified atom stereocenters. The molecular formula is C17H17FN4O2. The molecule has 2 amide bonds. The quantitative estimate of drug-likeness (QED) is 0.857. The van der Waals surface area contributed by atoms with Gasteiger partial charge in [0, 0.05) is 38.4 Å². The molecule has 2 aromatic rings. The van der Waals surface area contributed by atoms with Crippen molar-refractivity contribution < 1.29 is 14.0 Å². The van der Waals surface area contributed by atoms with Crippen molar-refractivity contribution in [3.05, 3.63) is 48.5 Å². The summed E-state index contributed by atoms with van der Waals surface area (Å²) in [7, 11) is 0. The minimum atomic E-state index is -0.443. The van der Waals surface area contributed by atoms with Gasteiger partial charge in [0.1, 0.15) is 5.82 Å². The number of rotatable bonds is 3. The summed E-state index contributed by atoms with van der Waals surface area (Å²) in [4.78, 5) is 27.9. The van der Waals surface area contributed by atoms with Crippen molar-refractivity contribution in [1.82, 2.24) is 14.7 Å². The summed E-state index contributed by atoms with van der Waals surface area (Å²) in [5.74, 6) is -1.09. The van der Waals surface area contributed by atoms with Crippen LogP contribution in [0.2, 0.25) is 0 Å². The number of carbonyl (C=O) groups excluding carboxylic acids is 2. The fourth-order valence-electron chi connectivity index (χ4n) is 3.33. The van der Waals surface area contributed by atoms with Crippen LogP contribution in [0.25, 0.3) is 0 Å². The van der Waals surface area contributed by atoms with Crippen LogP contribution in [0.1, 0.15) is 12.5 Å². The first-order valence-electron chi connectivity index (χ1n) is 7.96. The molecule has 1 aromatic carbocycles. The van der Waals surface area contributed by atoms with Crippen LogP contribution in [0.3, 0.4) is 0 Å². The number of aromatic nitrogens is 2. The molecule has 2 fully saturated rings. The largest absolute Gasteiger partial charge is 0.338 e. The first-order valence-corrected chi connectivity index (χ1v) is 7.96. The highest BCUT2D eigenvalue weighted by molar-refractivity contribution is 6.00. The summed E-state index contributed by atoms with van der Waals surface area (Å²) in [6.45, 7) is 1.44. The summed E-state index contributed by atoms with van der Waals surface area (Å²) < 4.78 is 15.7. The lowest BCUT2D eigenvalue weighted by molar-refractivity contribution is -0.141. The monoisotopic (exact) mass is 328 g/mol. The number of halogens is 1. The Morgan fingerprint density at radius 3 is 2.67 bits per heavy atom. The highest BCUT2D eigenvalue weighted by Gasteiger charge is 2.41. The second kappa shape index (κ2) is 5.74. The van der Waals surface area contributed by atoms with E-state index in [-0.39, 0.29) is 36.5 Å². The van der Waals surface area contributed by atoms with Crippen LogP contribution in [0.15, 0.2) is 42.7 Å². The number of anilines is 1. The molecule has 2 saturated heterocycles. The van der Waals surface area contributed by atoms with E-state index in [1.165, 1.54) is 11.0 Å². The molecule has 6 nitrogen and oxygen atoms in total. The summed E-state index contributed by atoms with van der Waals surface area (Å²) in [6.07, 6.45) is 3.73. The molecule has 1 aromatic heterocycles. The molecule has 0 spiro atoms. The van der Waals surface area contributed by atoms with E-state index in [1.54, 1.807) is 29.3 Å². The SMILES string of the molecule is O=C(C1CC(=O)N(c2ccccc2F)C1)N1CC(n2cccn2)C1. The number of benzene rings is 1. The van der Waals surface area contributed by atoms with Gasteiger partial charge in [0.05, 0.1) is 17.6 Å². The molecular weight excluding hydrogens is 311 g/mol. The predicted molar refractivity (Wildman–Crippen MR) is 84.7 cm³/mol. The molecule has 0 bridgehead atoms. The zero-order valence-electron chi connectivity index (χ0n) is 13.0. The Morgan fingerprint density at radius 1 is 1.17 bits per heavy atom. The Kier molecular flexibility index (Phi) is 3.55. The highest BCUT2D eigenvalue weighted by atomic mass is 19.1. The van der Waals surface area contributed by atoms with Crippen LogP contribution in [0, 0.1) is 11.7 Å². The van der Waals surface area contributed by atoms with Crippen molar-refractivity contribution in [3.63, 3.8) is 0 Å². The summed E-state index contributed by atoms with van der Waals surface area (Å²) in [5, 5.41) is 4.18. The van der Waals surface area contributed by atoms with Gasteiger partial charge in [-0.05, 0) is 18.2 Å². The zero-order valence-corrected chi connectivity index (χ0v) is 13.0. The van der Waals surface area contributed by atoms with Gasteiger partial charge >= 0.3 is 0 Å². The van der Waals surface area contributed by atoms with E-state index in [0.717, 1.165) is 0 Å². The maximum Gasteiger partial charge on any atom is 0.228 e. The van der Waals surface area contributed by atoms with Crippen molar-refractivity contribution in [2.75, 3.05) is 24.5 Å². The Bertz CT molecular complexity index is 771. The van der Waals surface area contributed by atoms with Crippen molar-refractivity contribution in [1.29, 1.82) is 0 Å². The van der Waals surface area contributed by atoms with Crippen LogP contribution < -0.4 is 4.90 Å². The molecule has 7 heteroatoms. The first-order chi connectivity index (χ1) is 11.6. The fraction of sp³-hybridized carbons (Fsp3) is 0.353. The van der Waals surface area contributed by atoms with Crippen molar-refractivity contribution >= 4 is 17.5 Å². The first kappa shape index (κ1) is 14.9. The van der Waals surface area contributed by atoms with Gasteiger partial charge < -0.3 is 9.80 Å². The van der Waals surface area contributed by atoms with Gasteiger partial charge in [0.25, 0.3) is 0 Å². The minimum Gasteiger partial charge on any atom is -0.338 e. The van der Waals surface area contributed by atoms with Crippen LogP contribution in [0.5, 0.6) is 0 Å². The topological polar surface area (TPSA) is 58.4 Å². The fourth-order valence-corrected chi connectivity index (χ4v) is 3.33. The summed E-state index contributed by atoms with van der Waals surface area (Å²) in [5.41, 5.74) is 0.246. The van der Waals surface area contributed by atoms with Gasteiger partial charge in [-0.25, -0.2) is 4.39 Å². The maximum atomic E-state index is 13.9. The molecule has 0 N–H and O–H groups in total. The van der Waals surface area contributed by atoms with E-state index in [9.17, 15) is 14.0 Å². The minimum absolute atomic E-state index is 0.0365. The second-order valence-corrected chi connectivity index (χ2v) is 6.24. The van der Waals surface area contributed by atoms with Crippen LogP contribution in [-0.4, -0.2) is 46.1 Å². The summed E-state index contributed by atoms with van der Waals surface area (Å²) >= 11 is 0. The van der Waals surface area contributed by atoms with Gasteiger partial charge in [-0.3, -0.25) is 14.3 Å². The van der Waals surface area contributed by atoms with Crippen molar-refractivity contribution in [3.8, 4) is 0 Å². The third kappa shape index (κ3) is 2.46. The zero-order chi connectivity index (χ0) is 16.7. The van der Waals surface area contributed by atoms with Crippen LogP contribution in [-0.2, 0) is 9.59 Å².